The third-order valence-electron chi connectivity index (χ3n) is 3.21. The Kier molecular flexibility index (Phi) is 3.74. The Balaban J connectivity index is 1.97. The Morgan fingerprint density at radius 3 is 2.95 bits per heavy atom. The van der Waals surface area contributed by atoms with E-state index in [1.165, 1.54) is 11.8 Å². The van der Waals surface area contributed by atoms with Gasteiger partial charge >= 0.3 is 5.69 Å². The number of aliphatic hydroxyl groups excluding tert-OH is 1. The molecule has 0 bridgehead atoms. The van der Waals surface area contributed by atoms with Crippen molar-refractivity contribution in [2.45, 2.75) is 42.0 Å². The van der Waals surface area contributed by atoms with E-state index in [4.69, 9.17) is 0 Å². The number of nitrogens with zero attached hydrogens (tertiary/aromatic N) is 2. The molecule has 0 aliphatic heterocycles. The molecule has 1 atom stereocenters. The standard InChI is InChI=1S/C13H14BrN3O2S/c1-7(18)10-6-8(14)2-5-11(10)20-13-16-15-12(19)17(13)9-3-4-9/h2,5-7,9,18H,3-4H2,1H3,(H,15,19). The van der Waals surface area contributed by atoms with E-state index in [-0.39, 0.29) is 11.7 Å². The van der Waals surface area contributed by atoms with E-state index in [2.05, 4.69) is 26.1 Å². The highest BCUT2D eigenvalue weighted by atomic mass is 79.9. The predicted octanol–water partition coefficient (Wildman–Crippen LogP) is 2.87. The zero-order chi connectivity index (χ0) is 14.3. The number of aliphatic hydroxyl groups is 1. The second kappa shape index (κ2) is 5.38. The van der Waals surface area contributed by atoms with Crippen molar-refractivity contribution in [2.24, 2.45) is 0 Å². The number of hydrogen-bond acceptors (Lipinski definition) is 4. The maximum atomic E-state index is 11.8. The van der Waals surface area contributed by atoms with Crippen LogP contribution in [0.3, 0.4) is 0 Å². The maximum absolute atomic E-state index is 11.8. The van der Waals surface area contributed by atoms with Gasteiger partial charge in [-0.2, -0.15) is 0 Å². The summed E-state index contributed by atoms with van der Waals surface area (Å²) in [5, 5.41) is 17.1. The predicted molar refractivity (Wildman–Crippen MR) is 80.0 cm³/mol. The SMILES string of the molecule is CC(O)c1cc(Br)ccc1Sc1n[nH]c(=O)n1C1CC1. The van der Waals surface area contributed by atoms with E-state index in [0.29, 0.717) is 5.16 Å². The van der Waals surface area contributed by atoms with Gasteiger partial charge in [-0.25, -0.2) is 9.89 Å². The summed E-state index contributed by atoms with van der Waals surface area (Å²) in [7, 11) is 0. The molecule has 3 rings (SSSR count). The molecule has 1 saturated carbocycles. The van der Waals surface area contributed by atoms with Crippen LogP contribution in [-0.2, 0) is 0 Å². The lowest BCUT2D eigenvalue weighted by Crippen LogP contribution is -2.16. The zero-order valence-corrected chi connectivity index (χ0v) is 13.2. The number of nitrogens with one attached hydrogen (secondary N) is 1. The highest BCUT2D eigenvalue weighted by molar-refractivity contribution is 9.10. The zero-order valence-electron chi connectivity index (χ0n) is 10.8. The lowest BCUT2D eigenvalue weighted by Gasteiger charge is -2.12. The van der Waals surface area contributed by atoms with Crippen molar-refractivity contribution in [1.82, 2.24) is 14.8 Å². The smallest absolute Gasteiger partial charge is 0.344 e. The third-order valence-corrected chi connectivity index (χ3v) is 4.76. The Morgan fingerprint density at radius 2 is 2.30 bits per heavy atom. The summed E-state index contributed by atoms with van der Waals surface area (Å²) in [6.07, 6.45) is 1.47. The summed E-state index contributed by atoms with van der Waals surface area (Å²) in [6.45, 7) is 1.73. The summed E-state index contributed by atoms with van der Waals surface area (Å²) in [5.41, 5.74) is 0.660. The molecule has 5 nitrogen and oxygen atoms in total. The van der Waals surface area contributed by atoms with Gasteiger partial charge in [0.05, 0.1) is 6.10 Å². The van der Waals surface area contributed by atoms with E-state index in [0.717, 1.165) is 27.8 Å². The first kappa shape index (κ1) is 13.9. The molecule has 2 N–H and O–H groups in total. The van der Waals surface area contributed by atoms with Gasteiger partial charge in [0.1, 0.15) is 0 Å². The minimum absolute atomic E-state index is 0.161. The number of hydrogen-bond donors (Lipinski definition) is 2. The van der Waals surface area contributed by atoms with E-state index in [1.807, 2.05) is 18.2 Å². The van der Waals surface area contributed by atoms with Gasteiger partial charge in [-0.1, -0.05) is 15.9 Å². The molecule has 0 spiro atoms. The minimum Gasteiger partial charge on any atom is -0.389 e. The molecule has 2 aromatic rings. The normalized spacial score (nSPS) is 16.4. The van der Waals surface area contributed by atoms with Crippen molar-refractivity contribution < 1.29 is 5.11 Å². The number of halogens is 1. The quantitative estimate of drug-likeness (QED) is 0.884. The van der Waals surface area contributed by atoms with Crippen molar-refractivity contribution in [2.75, 3.05) is 0 Å². The third kappa shape index (κ3) is 2.70. The summed E-state index contributed by atoms with van der Waals surface area (Å²) < 4.78 is 2.62. The highest BCUT2D eigenvalue weighted by Crippen LogP contribution is 2.39. The average molecular weight is 356 g/mol. The molecule has 1 aromatic carbocycles. The molecule has 106 valence electrons. The van der Waals surface area contributed by atoms with E-state index in [1.54, 1.807) is 11.5 Å². The summed E-state index contributed by atoms with van der Waals surface area (Å²) in [6, 6.07) is 6.00. The monoisotopic (exact) mass is 355 g/mol. The molecule has 1 aliphatic carbocycles. The fourth-order valence-corrected chi connectivity index (χ4v) is 3.53. The number of aromatic amines is 1. The van der Waals surface area contributed by atoms with Crippen LogP contribution in [0.2, 0.25) is 0 Å². The largest absolute Gasteiger partial charge is 0.389 e. The lowest BCUT2D eigenvalue weighted by atomic mass is 10.1. The van der Waals surface area contributed by atoms with Crippen molar-refractivity contribution in [1.29, 1.82) is 0 Å². The molecule has 0 radical (unpaired) electrons. The number of H-pyrrole nitrogens is 1. The average Bonchev–Trinajstić information content (AvgIpc) is 3.17. The first-order chi connectivity index (χ1) is 9.56. The first-order valence-corrected chi connectivity index (χ1v) is 7.99. The first-order valence-electron chi connectivity index (χ1n) is 6.38. The minimum atomic E-state index is -0.574. The molecule has 20 heavy (non-hydrogen) atoms. The van der Waals surface area contributed by atoms with Gasteiger partial charge in [0, 0.05) is 15.4 Å². The molecular weight excluding hydrogens is 342 g/mol. The summed E-state index contributed by atoms with van der Waals surface area (Å²) in [4.78, 5) is 12.7. The maximum Gasteiger partial charge on any atom is 0.344 e. The van der Waals surface area contributed by atoms with Crippen LogP contribution in [0.5, 0.6) is 0 Å². The fraction of sp³-hybridized carbons (Fsp3) is 0.385. The summed E-state index contributed by atoms with van der Waals surface area (Å²) >= 11 is 4.81. The van der Waals surface area contributed by atoms with Crippen LogP contribution in [0.1, 0.15) is 37.5 Å². The van der Waals surface area contributed by atoms with Crippen LogP contribution in [0.25, 0.3) is 0 Å². The second-order valence-electron chi connectivity index (χ2n) is 4.87. The Hall–Kier alpha value is -1.05. The van der Waals surface area contributed by atoms with Crippen LogP contribution in [-0.4, -0.2) is 19.9 Å². The molecule has 1 fully saturated rings. The Labute approximate surface area is 128 Å². The topological polar surface area (TPSA) is 70.9 Å². The molecule has 0 amide bonds. The molecule has 1 aromatic heterocycles. The number of aromatic nitrogens is 3. The van der Waals surface area contributed by atoms with Gasteiger partial charge in [-0.05, 0) is 55.3 Å². The second-order valence-corrected chi connectivity index (χ2v) is 6.80. The van der Waals surface area contributed by atoms with Crippen LogP contribution < -0.4 is 5.69 Å². The number of rotatable bonds is 4. The van der Waals surface area contributed by atoms with Gasteiger partial charge in [0.25, 0.3) is 0 Å². The van der Waals surface area contributed by atoms with Crippen LogP contribution in [0, 0.1) is 0 Å². The fourth-order valence-electron chi connectivity index (χ4n) is 2.05. The molecule has 1 unspecified atom stereocenters. The van der Waals surface area contributed by atoms with Crippen molar-refractivity contribution in [3.8, 4) is 0 Å². The van der Waals surface area contributed by atoms with E-state index >= 15 is 0 Å². The van der Waals surface area contributed by atoms with Crippen molar-refractivity contribution >= 4 is 27.7 Å². The van der Waals surface area contributed by atoms with Gasteiger partial charge in [-0.15, -0.1) is 5.10 Å². The van der Waals surface area contributed by atoms with Gasteiger partial charge in [-0.3, -0.25) is 4.57 Å². The summed E-state index contributed by atoms with van der Waals surface area (Å²) in [5.74, 6) is 0. The van der Waals surface area contributed by atoms with Gasteiger partial charge in [0.2, 0.25) is 0 Å². The van der Waals surface area contributed by atoms with Crippen LogP contribution >= 0.6 is 27.7 Å². The Morgan fingerprint density at radius 1 is 1.55 bits per heavy atom. The number of benzene rings is 1. The van der Waals surface area contributed by atoms with Gasteiger partial charge < -0.3 is 5.11 Å². The van der Waals surface area contributed by atoms with Crippen molar-refractivity contribution in [3.63, 3.8) is 0 Å². The van der Waals surface area contributed by atoms with E-state index in [9.17, 15) is 9.90 Å². The molecule has 1 aliphatic rings. The molecule has 7 heteroatoms. The van der Waals surface area contributed by atoms with E-state index < -0.39 is 6.10 Å². The Bertz CT molecular complexity index is 691. The van der Waals surface area contributed by atoms with Crippen molar-refractivity contribution in [3.05, 3.63) is 38.7 Å². The lowest BCUT2D eigenvalue weighted by molar-refractivity contribution is 0.196. The van der Waals surface area contributed by atoms with Crippen LogP contribution in [0.4, 0.5) is 0 Å². The molecular formula is C13H14BrN3O2S. The highest BCUT2D eigenvalue weighted by Gasteiger charge is 2.29. The molecule has 0 saturated heterocycles. The molecule has 1 heterocycles. The van der Waals surface area contributed by atoms with Crippen LogP contribution in [0.15, 0.2) is 37.5 Å². The van der Waals surface area contributed by atoms with Gasteiger partial charge in [0.15, 0.2) is 5.16 Å².